The second-order valence-corrected chi connectivity index (χ2v) is 9.27. The Morgan fingerprint density at radius 2 is 2.06 bits per heavy atom. The number of hydrogen-bond donors (Lipinski definition) is 0. The molecule has 4 heterocycles. The molecule has 3 aromatic rings. The molecule has 0 N–H and O–H groups in total. The summed E-state index contributed by atoms with van der Waals surface area (Å²) < 4.78 is 40.1. The fourth-order valence-corrected chi connectivity index (χ4v) is 5.72. The number of benzene rings is 1. The third kappa shape index (κ3) is 3.47. The third-order valence-electron chi connectivity index (χ3n) is 6.05. The lowest BCUT2D eigenvalue weighted by Crippen LogP contribution is -2.50. The highest BCUT2D eigenvalue weighted by molar-refractivity contribution is 7.13. The summed E-state index contributed by atoms with van der Waals surface area (Å²) in [5.74, 6) is 0.0796. The van der Waals surface area contributed by atoms with E-state index in [0.29, 0.717) is 18.7 Å². The number of alkyl halides is 3. The zero-order valence-corrected chi connectivity index (χ0v) is 18.6. The minimum atomic E-state index is -4.63. The summed E-state index contributed by atoms with van der Waals surface area (Å²) in [4.78, 5) is 28.9. The molecule has 2 bridgehead atoms. The number of aryl methyl sites for hydroxylation is 1. The molecule has 5 nitrogen and oxygen atoms in total. The lowest BCUT2D eigenvalue weighted by molar-refractivity contribution is -0.137. The standard InChI is InChI=1S/C22H18ClF3N4OS/c1-11-28-18-14(19(29-11)20-27-8-9-32-20)10-12-4-2-7-16(18)30(12)21(31)13-5-3-6-15(17(13)23)22(24,25)26/h3,5-6,8-9,12,16H,2,4,7,10H2,1H3. The van der Waals surface area contributed by atoms with Gasteiger partial charge in [0.15, 0.2) is 0 Å². The molecule has 166 valence electrons. The van der Waals surface area contributed by atoms with E-state index in [2.05, 4.69) is 15.0 Å². The molecule has 0 saturated carbocycles. The van der Waals surface area contributed by atoms with Crippen molar-refractivity contribution in [2.24, 2.45) is 0 Å². The van der Waals surface area contributed by atoms with Crippen LogP contribution in [0.4, 0.5) is 13.2 Å². The van der Waals surface area contributed by atoms with E-state index in [0.717, 1.165) is 40.9 Å². The van der Waals surface area contributed by atoms with Crippen LogP contribution in [0.15, 0.2) is 29.8 Å². The van der Waals surface area contributed by atoms with Crippen molar-refractivity contribution in [2.45, 2.75) is 50.9 Å². The summed E-state index contributed by atoms with van der Waals surface area (Å²) in [6, 6.07) is 2.97. The van der Waals surface area contributed by atoms with E-state index in [1.165, 1.54) is 23.5 Å². The first-order valence-electron chi connectivity index (χ1n) is 10.2. The van der Waals surface area contributed by atoms with Crippen molar-refractivity contribution in [2.75, 3.05) is 0 Å². The van der Waals surface area contributed by atoms with Crippen molar-refractivity contribution in [3.8, 4) is 10.7 Å². The van der Waals surface area contributed by atoms with E-state index in [9.17, 15) is 18.0 Å². The normalized spacial score (nSPS) is 20.2. The van der Waals surface area contributed by atoms with Crippen LogP contribution in [0.25, 0.3) is 10.7 Å². The maximum Gasteiger partial charge on any atom is 0.417 e. The second kappa shape index (κ2) is 7.81. The van der Waals surface area contributed by atoms with Crippen LogP contribution in [0.1, 0.15) is 58.3 Å². The number of carbonyl (C=O) groups is 1. The number of fused-ring (bicyclic) bond motifs is 4. The molecule has 1 saturated heterocycles. The molecule has 0 radical (unpaired) electrons. The molecule has 1 fully saturated rings. The van der Waals surface area contributed by atoms with Crippen molar-refractivity contribution in [3.63, 3.8) is 0 Å². The van der Waals surface area contributed by atoms with E-state index in [4.69, 9.17) is 11.6 Å². The van der Waals surface area contributed by atoms with Gasteiger partial charge in [-0.05, 0) is 44.7 Å². The molecular formula is C22H18ClF3N4OS. The number of hydrogen-bond acceptors (Lipinski definition) is 5. The van der Waals surface area contributed by atoms with E-state index in [1.54, 1.807) is 18.0 Å². The van der Waals surface area contributed by atoms with Crippen LogP contribution in [0.2, 0.25) is 5.02 Å². The van der Waals surface area contributed by atoms with Gasteiger partial charge in [-0.2, -0.15) is 13.2 Å². The Morgan fingerprint density at radius 1 is 1.25 bits per heavy atom. The summed E-state index contributed by atoms with van der Waals surface area (Å²) in [7, 11) is 0. The van der Waals surface area contributed by atoms with E-state index >= 15 is 0 Å². The highest BCUT2D eigenvalue weighted by atomic mass is 35.5. The van der Waals surface area contributed by atoms with Gasteiger partial charge in [0.1, 0.15) is 16.5 Å². The van der Waals surface area contributed by atoms with Gasteiger partial charge in [-0.3, -0.25) is 4.79 Å². The van der Waals surface area contributed by atoms with E-state index < -0.39 is 22.7 Å². The van der Waals surface area contributed by atoms with Gasteiger partial charge in [-0.25, -0.2) is 15.0 Å². The maximum atomic E-state index is 13.5. The molecule has 1 amide bonds. The van der Waals surface area contributed by atoms with Gasteiger partial charge < -0.3 is 4.90 Å². The van der Waals surface area contributed by atoms with Gasteiger partial charge in [0.2, 0.25) is 0 Å². The molecule has 0 spiro atoms. The van der Waals surface area contributed by atoms with Crippen molar-refractivity contribution in [1.82, 2.24) is 19.9 Å². The molecule has 2 aliphatic heterocycles. The Kier molecular flexibility index (Phi) is 5.21. The number of amides is 1. The number of rotatable bonds is 2. The van der Waals surface area contributed by atoms with Crippen molar-refractivity contribution < 1.29 is 18.0 Å². The van der Waals surface area contributed by atoms with Gasteiger partial charge in [-0.1, -0.05) is 17.7 Å². The predicted octanol–water partition coefficient (Wildman–Crippen LogP) is 5.87. The molecule has 2 unspecified atom stereocenters. The maximum absolute atomic E-state index is 13.5. The summed E-state index contributed by atoms with van der Waals surface area (Å²) in [6.07, 6.45) is -0.0411. The molecule has 2 aliphatic rings. The fraction of sp³-hybridized carbons (Fsp3) is 0.364. The van der Waals surface area contributed by atoms with Crippen LogP contribution in [0.5, 0.6) is 0 Å². The van der Waals surface area contributed by atoms with Gasteiger partial charge in [0.25, 0.3) is 5.91 Å². The minimum absolute atomic E-state index is 0.132. The number of halogens is 4. The minimum Gasteiger partial charge on any atom is -0.327 e. The molecule has 32 heavy (non-hydrogen) atoms. The molecule has 2 aromatic heterocycles. The SMILES string of the molecule is Cc1nc(-c2nccs2)c2c(n1)C1CCCC(C2)N1C(=O)c1cccc(C(F)(F)F)c1Cl. The zero-order chi connectivity index (χ0) is 22.6. The summed E-state index contributed by atoms with van der Waals surface area (Å²) in [5, 5.41) is 2.12. The van der Waals surface area contributed by atoms with Crippen molar-refractivity contribution in [3.05, 3.63) is 63.0 Å². The van der Waals surface area contributed by atoms with Crippen molar-refractivity contribution in [1.29, 1.82) is 0 Å². The number of carbonyl (C=O) groups excluding carboxylic acids is 1. The Labute approximate surface area is 191 Å². The Hall–Kier alpha value is -2.52. The van der Waals surface area contributed by atoms with Crippen LogP contribution in [-0.2, 0) is 12.6 Å². The Morgan fingerprint density at radius 3 is 2.78 bits per heavy atom. The van der Waals surface area contributed by atoms with Gasteiger partial charge in [0.05, 0.1) is 27.9 Å². The van der Waals surface area contributed by atoms with Crippen LogP contribution >= 0.6 is 22.9 Å². The van der Waals surface area contributed by atoms with Crippen molar-refractivity contribution >= 4 is 28.8 Å². The average molecular weight is 479 g/mol. The third-order valence-corrected chi connectivity index (χ3v) is 7.24. The molecule has 1 aromatic carbocycles. The van der Waals surface area contributed by atoms with Gasteiger partial charge in [-0.15, -0.1) is 11.3 Å². The first-order valence-corrected chi connectivity index (χ1v) is 11.5. The lowest BCUT2D eigenvalue weighted by Gasteiger charge is -2.46. The highest BCUT2D eigenvalue weighted by Crippen LogP contribution is 2.45. The zero-order valence-electron chi connectivity index (χ0n) is 17.0. The van der Waals surface area contributed by atoms with Gasteiger partial charge in [0, 0.05) is 23.2 Å². The number of nitrogens with zero attached hydrogens (tertiary/aromatic N) is 4. The lowest BCUT2D eigenvalue weighted by atomic mass is 9.81. The predicted molar refractivity (Wildman–Crippen MR) is 115 cm³/mol. The summed E-state index contributed by atoms with van der Waals surface area (Å²) in [6.45, 7) is 1.79. The Bertz CT molecular complexity index is 1200. The number of thiazole rings is 1. The molecule has 10 heteroatoms. The molecule has 2 atom stereocenters. The average Bonchev–Trinajstić information content (AvgIpc) is 3.27. The molecule has 0 aliphatic carbocycles. The second-order valence-electron chi connectivity index (χ2n) is 8.00. The topological polar surface area (TPSA) is 59.0 Å². The smallest absolute Gasteiger partial charge is 0.327 e. The number of piperidine rings is 1. The molecular weight excluding hydrogens is 461 g/mol. The van der Waals surface area contributed by atoms with Crippen LogP contribution in [0.3, 0.4) is 0 Å². The summed E-state index contributed by atoms with van der Waals surface area (Å²) >= 11 is 7.57. The number of aromatic nitrogens is 3. The van der Waals surface area contributed by atoms with Crippen LogP contribution in [0, 0.1) is 6.92 Å². The van der Waals surface area contributed by atoms with Gasteiger partial charge >= 0.3 is 6.18 Å². The molecule has 5 rings (SSSR count). The first kappa shape index (κ1) is 21.3. The quantitative estimate of drug-likeness (QED) is 0.462. The van der Waals surface area contributed by atoms with Crippen LogP contribution in [-0.4, -0.2) is 31.8 Å². The van der Waals surface area contributed by atoms with E-state index in [-0.39, 0.29) is 17.6 Å². The fourth-order valence-electron chi connectivity index (χ4n) is 4.76. The van der Waals surface area contributed by atoms with Crippen LogP contribution < -0.4 is 0 Å². The largest absolute Gasteiger partial charge is 0.417 e. The summed E-state index contributed by atoms with van der Waals surface area (Å²) in [5.41, 5.74) is 1.38. The first-order chi connectivity index (χ1) is 15.3. The highest BCUT2D eigenvalue weighted by Gasteiger charge is 2.44. The Balaban J connectivity index is 1.60. The monoisotopic (exact) mass is 478 g/mol. The van der Waals surface area contributed by atoms with E-state index in [1.807, 2.05) is 5.38 Å².